The number of aromatic amines is 1. The number of nitrogens with one attached hydrogen (secondary N) is 1. The van der Waals surface area contributed by atoms with Gasteiger partial charge in [-0.3, -0.25) is 9.59 Å². The third-order valence-corrected chi connectivity index (χ3v) is 8.20. The molecular formula is C34H36N4O5. The Balaban J connectivity index is 1.77. The van der Waals surface area contributed by atoms with Crippen molar-refractivity contribution < 1.29 is 24.2 Å². The summed E-state index contributed by atoms with van der Waals surface area (Å²) in [5.74, 6) is -0.432. The number of hydrogen-bond acceptors (Lipinski definition) is 8. The van der Waals surface area contributed by atoms with Gasteiger partial charge in [-0.2, -0.15) is 0 Å². The second-order valence-corrected chi connectivity index (χ2v) is 11.0. The monoisotopic (exact) mass is 580 g/mol. The Hall–Kier alpha value is -4.79. The number of rotatable bonds is 6. The molecule has 9 heteroatoms. The fourth-order valence-electron chi connectivity index (χ4n) is 5.73. The van der Waals surface area contributed by atoms with Gasteiger partial charge in [-0.25, -0.2) is 15.0 Å². The molecule has 5 heterocycles. The number of fused-ring (bicyclic) bond motifs is 5. The lowest BCUT2D eigenvalue weighted by molar-refractivity contribution is -0.141. The van der Waals surface area contributed by atoms with Gasteiger partial charge < -0.3 is 19.6 Å². The summed E-state index contributed by atoms with van der Waals surface area (Å²) < 4.78 is 9.83. The van der Waals surface area contributed by atoms with Crippen LogP contribution in [0.3, 0.4) is 0 Å². The number of methoxy groups -OCH3 is 2. The lowest BCUT2D eigenvalue weighted by Gasteiger charge is -2.08. The number of aliphatic hydroxyl groups is 1. The van der Waals surface area contributed by atoms with Gasteiger partial charge in [0.1, 0.15) is 0 Å². The van der Waals surface area contributed by atoms with Gasteiger partial charge in [-0.1, -0.05) is 0 Å². The van der Waals surface area contributed by atoms with Gasteiger partial charge in [0.15, 0.2) is 0 Å². The first kappa shape index (κ1) is 29.7. The number of aliphatic imine (C=N–C) groups is 3. The Morgan fingerprint density at radius 2 is 1.40 bits per heavy atom. The molecule has 0 spiro atoms. The summed E-state index contributed by atoms with van der Waals surface area (Å²) in [4.78, 5) is 42.6. The highest BCUT2D eigenvalue weighted by Gasteiger charge is 2.27. The third kappa shape index (κ3) is 5.80. The molecule has 0 aliphatic carbocycles. The van der Waals surface area contributed by atoms with Crippen molar-refractivity contribution in [1.82, 2.24) is 4.98 Å². The standard InChI is InChI=1S/C34H36N4O5/c1-17-12-22-13-26-20(4)34(21(5)39)31(38-26)15-28-19(3)24(9-11-33(41)43-7)30(37-28)16-29-23(8-10-32(40)42-6)18(2)27(36-29)14-25(17)35-22/h12-16,35,39H,8-11H2,1-7H3/b22-13?,25-14?,28-15?,29-16?,34-21+. The van der Waals surface area contributed by atoms with Crippen molar-refractivity contribution in [1.29, 1.82) is 0 Å². The van der Waals surface area contributed by atoms with E-state index in [-0.39, 0.29) is 30.5 Å². The number of carbonyl (C=O) groups excluding carboxylic acids is 2. The molecule has 1 aromatic rings. The smallest absolute Gasteiger partial charge is 0.305 e. The summed E-state index contributed by atoms with van der Waals surface area (Å²) in [6.45, 7) is 9.62. The molecule has 0 fully saturated rings. The van der Waals surface area contributed by atoms with Crippen LogP contribution in [0.15, 0.2) is 89.5 Å². The Kier molecular flexibility index (Phi) is 8.17. The molecule has 2 N–H and O–H groups in total. The van der Waals surface area contributed by atoms with Gasteiger partial charge in [0, 0.05) is 29.1 Å². The minimum Gasteiger partial charge on any atom is -0.512 e. The molecule has 0 atom stereocenters. The highest BCUT2D eigenvalue weighted by atomic mass is 16.5. The number of allylic oxidation sites excluding steroid dienone is 10. The van der Waals surface area contributed by atoms with Gasteiger partial charge in [0.25, 0.3) is 0 Å². The molecule has 222 valence electrons. The molecule has 0 saturated heterocycles. The minimum absolute atomic E-state index is 0.173. The van der Waals surface area contributed by atoms with Crippen LogP contribution in [0, 0.1) is 6.92 Å². The molecule has 0 aromatic carbocycles. The summed E-state index contributed by atoms with van der Waals surface area (Å²) in [7, 11) is 2.76. The minimum atomic E-state index is -0.310. The lowest BCUT2D eigenvalue weighted by Crippen LogP contribution is -2.13. The zero-order chi connectivity index (χ0) is 31.0. The van der Waals surface area contributed by atoms with Crippen LogP contribution in [0.25, 0.3) is 12.2 Å². The summed E-state index contributed by atoms with van der Waals surface area (Å²) in [6.07, 6.45) is 9.10. The van der Waals surface area contributed by atoms with Crippen LogP contribution in [0.1, 0.15) is 58.9 Å². The van der Waals surface area contributed by atoms with E-state index in [1.165, 1.54) is 14.2 Å². The number of aliphatic hydroxyl groups excluding tert-OH is 1. The van der Waals surface area contributed by atoms with Crippen molar-refractivity contribution >= 4 is 41.2 Å². The first-order valence-electron chi connectivity index (χ1n) is 14.2. The van der Waals surface area contributed by atoms with E-state index < -0.39 is 0 Å². The van der Waals surface area contributed by atoms with E-state index in [0.29, 0.717) is 41.2 Å². The van der Waals surface area contributed by atoms with E-state index in [1.807, 2.05) is 52.0 Å². The van der Waals surface area contributed by atoms with Gasteiger partial charge in [-0.05, 0) is 111 Å². The van der Waals surface area contributed by atoms with Crippen molar-refractivity contribution in [3.8, 4) is 0 Å². The second kappa shape index (κ2) is 11.8. The molecule has 4 aliphatic rings. The Labute approximate surface area is 250 Å². The zero-order valence-electron chi connectivity index (χ0n) is 25.6. The molecule has 1 aromatic heterocycles. The van der Waals surface area contributed by atoms with Crippen LogP contribution in [0.5, 0.6) is 0 Å². The zero-order valence-corrected chi connectivity index (χ0v) is 25.6. The largest absolute Gasteiger partial charge is 0.512 e. The Morgan fingerprint density at radius 3 is 2.05 bits per heavy atom. The summed E-state index contributed by atoms with van der Waals surface area (Å²) in [6, 6.07) is 2.06. The maximum atomic E-state index is 12.1. The van der Waals surface area contributed by atoms with E-state index in [9.17, 15) is 14.7 Å². The fraction of sp³-hybridized carbons (Fsp3) is 0.324. The number of carbonyl (C=O) groups is 2. The third-order valence-electron chi connectivity index (χ3n) is 8.20. The summed E-state index contributed by atoms with van der Waals surface area (Å²) in [5.41, 5.74) is 10.5. The number of aryl methyl sites for hydroxylation is 1. The average molecular weight is 581 g/mol. The van der Waals surface area contributed by atoms with Crippen molar-refractivity contribution in [3.05, 3.63) is 90.8 Å². The molecule has 0 amide bonds. The number of nitrogens with zero attached hydrogens (tertiary/aromatic N) is 3. The molecule has 5 rings (SSSR count). The van der Waals surface area contributed by atoms with Crippen LogP contribution in [0.4, 0.5) is 0 Å². The fourth-order valence-corrected chi connectivity index (χ4v) is 5.73. The molecule has 8 bridgehead atoms. The van der Waals surface area contributed by atoms with Crippen molar-refractivity contribution in [2.45, 2.75) is 60.3 Å². The van der Waals surface area contributed by atoms with Crippen LogP contribution in [-0.4, -0.2) is 53.4 Å². The first-order valence-corrected chi connectivity index (χ1v) is 14.2. The highest BCUT2D eigenvalue weighted by Crippen LogP contribution is 2.36. The van der Waals surface area contributed by atoms with E-state index in [1.54, 1.807) is 6.92 Å². The molecule has 0 saturated carbocycles. The first-order chi connectivity index (χ1) is 20.5. The Morgan fingerprint density at radius 1 is 0.767 bits per heavy atom. The number of hydrogen-bond donors (Lipinski definition) is 2. The quantitative estimate of drug-likeness (QED) is 0.374. The summed E-state index contributed by atoms with van der Waals surface area (Å²) in [5, 5.41) is 12.4. The normalized spacial score (nSPS) is 18.9. The van der Waals surface area contributed by atoms with Crippen molar-refractivity contribution in [3.63, 3.8) is 0 Å². The molecule has 4 aliphatic heterocycles. The highest BCUT2D eigenvalue weighted by molar-refractivity contribution is 6.24. The second-order valence-electron chi connectivity index (χ2n) is 11.0. The van der Waals surface area contributed by atoms with Crippen molar-refractivity contribution in [2.75, 3.05) is 14.2 Å². The molecular weight excluding hydrogens is 544 g/mol. The topological polar surface area (TPSA) is 126 Å². The molecule has 0 unspecified atom stereocenters. The van der Waals surface area contributed by atoms with Crippen LogP contribution >= 0.6 is 0 Å². The van der Waals surface area contributed by atoms with Crippen LogP contribution in [-0.2, 0) is 19.1 Å². The van der Waals surface area contributed by atoms with Crippen LogP contribution < -0.4 is 10.7 Å². The average Bonchev–Trinajstić information content (AvgIpc) is 3.65. The number of aromatic nitrogens is 1. The maximum Gasteiger partial charge on any atom is 0.305 e. The lowest BCUT2D eigenvalue weighted by atomic mass is 9.96. The molecule has 0 radical (unpaired) electrons. The molecule has 43 heavy (non-hydrogen) atoms. The van der Waals surface area contributed by atoms with Gasteiger partial charge in [0.2, 0.25) is 0 Å². The predicted molar refractivity (Wildman–Crippen MR) is 168 cm³/mol. The van der Waals surface area contributed by atoms with E-state index in [2.05, 4.69) is 11.1 Å². The summed E-state index contributed by atoms with van der Waals surface area (Å²) >= 11 is 0. The molecule has 9 nitrogen and oxygen atoms in total. The maximum absolute atomic E-state index is 12.1. The van der Waals surface area contributed by atoms with Crippen LogP contribution in [0.2, 0.25) is 0 Å². The van der Waals surface area contributed by atoms with E-state index in [4.69, 9.17) is 24.5 Å². The van der Waals surface area contributed by atoms with E-state index in [0.717, 1.165) is 55.5 Å². The van der Waals surface area contributed by atoms with Gasteiger partial charge >= 0.3 is 11.9 Å². The van der Waals surface area contributed by atoms with E-state index >= 15 is 0 Å². The number of esters is 2. The Bertz CT molecular complexity index is 1860. The van der Waals surface area contributed by atoms with Crippen molar-refractivity contribution in [2.24, 2.45) is 15.0 Å². The van der Waals surface area contributed by atoms with Gasteiger partial charge in [0.05, 0.1) is 54.2 Å². The predicted octanol–water partition coefficient (Wildman–Crippen LogP) is 4.67. The number of H-pyrrole nitrogens is 1. The SMILES string of the molecule is COC(=O)CCC1=C(C)C2=NC1=CC1=NC(=CC3=NC(=C(C)/C3=C(/C)O)C=c3cc(C)c([nH]3)=C2)C(C)=C1CCC(=O)OC. The van der Waals surface area contributed by atoms with Gasteiger partial charge in [-0.15, -0.1) is 0 Å². The number of ether oxygens (including phenoxy) is 2.